The van der Waals surface area contributed by atoms with Crippen LogP contribution < -0.4 is 9.47 Å². The lowest BCUT2D eigenvalue weighted by atomic mass is 9.98. The van der Waals surface area contributed by atoms with E-state index in [1.54, 1.807) is 24.3 Å². The van der Waals surface area contributed by atoms with Crippen molar-refractivity contribution in [2.24, 2.45) is 0 Å². The fourth-order valence-electron chi connectivity index (χ4n) is 4.15. The van der Waals surface area contributed by atoms with Crippen LogP contribution in [0.1, 0.15) is 32.6 Å². The summed E-state index contributed by atoms with van der Waals surface area (Å²) in [4.78, 5) is 15.3. The van der Waals surface area contributed by atoms with Gasteiger partial charge in [-0.25, -0.2) is 0 Å². The zero-order chi connectivity index (χ0) is 23.1. The van der Waals surface area contributed by atoms with Crippen LogP contribution >= 0.6 is 34.8 Å². The number of halogens is 3. The van der Waals surface area contributed by atoms with Crippen LogP contribution in [0.3, 0.4) is 0 Å². The monoisotopic (exact) mass is 499 g/mol. The van der Waals surface area contributed by atoms with E-state index in [2.05, 4.69) is 4.90 Å². The molecule has 2 heterocycles. The van der Waals surface area contributed by atoms with Gasteiger partial charge in [0, 0.05) is 18.1 Å². The third kappa shape index (κ3) is 4.36. The number of ketones is 1. The number of rotatable bonds is 4. The van der Waals surface area contributed by atoms with Gasteiger partial charge in [-0.2, -0.15) is 0 Å². The number of aryl methyl sites for hydroxylation is 1. The topological polar surface area (TPSA) is 38.8 Å². The molecule has 0 spiro atoms. The van der Waals surface area contributed by atoms with Crippen molar-refractivity contribution in [3.8, 4) is 11.5 Å². The summed E-state index contributed by atoms with van der Waals surface area (Å²) in [5.41, 5.74) is 4.13. The van der Waals surface area contributed by atoms with Crippen molar-refractivity contribution in [1.82, 2.24) is 4.90 Å². The molecule has 0 fully saturated rings. The number of fused-ring (bicyclic) bond motifs is 3. The molecule has 0 saturated heterocycles. The summed E-state index contributed by atoms with van der Waals surface area (Å²) in [7, 11) is 0. The van der Waals surface area contributed by atoms with Crippen LogP contribution in [0.15, 0.2) is 54.3 Å². The van der Waals surface area contributed by atoms with Crippen LogP contribution in [-0.4, -0.2) is 24.0 Å². The van der Waals surface area contributed by atoms with Gasteiger partial charge >= 0.3 is 0 Å². The lowest BCUT2D eigenvalue weighted by Gasteiger charge is -2.30. The smallest absolute Gasteiger partial charge is 0.232 e. The van der Waals surface area contributed by atoms with Crippen molar-refractivity contribution in [3.63, 3.8) is 0 Å². The van der Waals surface area contributed by atoms with Crippen LogP contribution in [-0.2, 0) is 13.0 Å². The van der Waals surface area contributed by atoms with E-state index in [4.69, 9.17) is 44.3 Å². The molecule has 0 aliphatic carbocycles. The fraction of sp³-hybridized carbons (Fsp3) is 0.192. The Kier molecular flexibility index (Phi) is 6.11. The van der Waals surface area contributed by atoms with Gasteiger partial charge in [-0.05, 0) is 60.4 Å². The van der Waals surface area contributed by atoms with E-state index in [9.17, 15) is 4.79 Å². The second-order valence-electron chi connectivity index (χ2n) is 8.15. The molecule has 3 aromatic carbocycles. The largest absolute Gasteiger partial charge is 0.478 e. The molecule has 7 heteroatoms. The number of benzene rings is 3. The van der Waals surface area contributed by atoms with E-state index < -0.39 is 0 Å². The molecule has 3 aromatic rings. The molecule has 0 unspecified atom stereocenters. The van der Waals surface area contributed by atoms with Crippen LogP contribution in [0.4, 0.5) is 0 Å². The Balaban J connectivity index is 1.41. The number of carbonyl (C=O) groups excluding carboxylic acids is 1. The number of ether oxygens (including phenoxy) is 2. The maximum absolute atomic E-state index is 13.2. The number of hydrogen-bond donors (Lipinski definition) is 0. The maximum atomic E-state index is 13.2. The van der Waals surface area contributed by atoms with Crippen molar-refractivity contribution in [3.05, 3.63) is 97.2 Å². The van der Waals surface area contributed by atoms with Crippen molar-refractivity contribution >= 4 is 46.7 Å². The molecule has 2 aliphatic heterocycles. The molecule has 0 atom stereocenters. The highest BCUT2D eigenvalue weighted by molar-refractivity contribution is 6.42. The van der Waals surface area contributed by atoms with Crippen molar-refractivity contribution in [1.29, 1.82) is 0 Å². The lowest BCUT2D eigenvalue weighted by Crippen LogP contribution is -2.34. The predicted octanol–water partition coefficient (Wildman–Crippen LogP) is 6.97. The summed E-state index contributed by atoms with van der Waals surface area (Å²) in [6.07, 6.45) is 2.49. The van der Waals surface area contributed by atoms with Crippen molar-refractivity contribution in [2.45, 2.75) is 19.9 Å². The van der Waals surface area contributed by atoms with Crippen LogP contribution in [0.5, 0.6) is 11.5 Å². The molecule has 0 saturated carbocycles. The Bertz CT molecular complexity index is 1300. The normalized spacial score (nSPS) is 16.4. The van der Waals surface area contributed by atoms with Crippen molar-refractivity contribution in [2.75, 3.05) is 13.3 Å². The van der Waals surface area contributed by atoms with Gasteiger partial charge in [-0.15, -0.1) is 0 Å². The molecule has 5 rings (SSSR count). The highest BCUT2D eigenvalue weighted by atomic mass is 35.5. The summed E-state index contributed by atoms with van der Waals surface area (Å²) in [6.45, 7) is 3.76. The van der Waals surface area contributed by atoms with Crippen LogP contribution in [0.2, 0.25) is 15.1 Å². The molecule has 0 radical (unpaired) electrons. The summed E-state index contributed by atoms with van der Waals surface area (Å²) >= 11 is 18.4. The van der Waals surface area contributed by atoms with Crippen LogP contribution in [0.25, 0.3) is 6.08 Å². The minimum atomic E-state index is -0.149. The van der Waals surface area contributed by atoms with Gasteiger partial charge in [0.15, 0.2) is 5.76 Å². The first-order valence-electron chi connectivity index (χ1n) is 10.5. The quantitative estimate of drug-likeness (QED) is 0.363. The van der Waals surface area contributed by atoms with E-state index in [0.717, 1.165) is 46.0 Å². The van der Waals surface area contributed by atoms with Crippen molar-refractivity contribution < 1.29 is 14.3 Å². The Morgan fingerprint density at radius 3 is 2.64 bits per heavy atom. The molecule has 0 N–H and O–H groups in total. The van der Waals surface area contributed by atoms with Gasteiger partial charge in [-0.3, -0.25) is 9.69 Å². The Morgan fingerprint density at radius 2 is 1.85 bits per heavy atom. The SMILES string of the molecule is Cc1cc2c(c3c1C(=O)/C(=C/c1ccc(Cl)c(Cl)c1)O3)CN(CCc1ccccc1Cl)CO2. The third-order valence-corrected chi connectivity index (χ3v) is 6.99. The maximum Gasteiger partial charge on any atom is 0.232 e. The fourth-order valence-corrected chi connectivity index (χ4v) is 4.69. The molecular weight excluding hydrogens is 481 g/mol. The molecule has 0 amide bonds. The van der Waals surface area contributed by atoms with Crippen LogP contribution in [0, 0.1) is 6.92 Å². The highest BCUT2D eigenvalue weighted by Crippen LogP contribution is 2.44. The number of carbonyl (C=O) groups is 1. The molecule has 2 aliphatic rings. The van der Waals surface area contributed by atoms with E-state index in [1.165, 1.54) is 0 Å². The molecule has 0 bridgehead atoms. The van der Waals surface area contributed by atoms with Gasteiger partial charge < -0.3 is 9.47 Å². The van der Waals surface area contributed by atoms with Gasteiger partial charge in [0.2, 0.25) is 5.78 Å². The Labute approximate surface area is 207 Å². The summed E-state index contributed by atoms with van der Waals surface area (Å²) in [6, 6.07) is 15.0. The minimum absolute atomic E-state index is 0.149. The highest BCUT2D eigenvalue weighted by Gasteiger charge is 2.35. The lowest BCUT2D eigenvalue weighted by molar-refractivity contribution is 0.0949. The number of nitrogens with zero attached hydrogens (tertiary/aromatic N) is 1. The van der Waals surface area contributed by atoms with E-state index in [0.29, 0.717) is 34.6 Å². The first-order chi connectivity index (χ1) is 15.9. The second-order valence-corrected chi connectivity index (χ2v) is 9.38. The number of hydrogen-bond acceptors (Lipinski definition) is 4. The second kappa shape index (κ2) is 9.03. The van der Waals surface area contributed by atoms with Gasteiger partial charge in [0.1, 0.15) is 18.2 Å². The van der Waals surface area contributed by atoms with Gasteiger partial charge in [0.25, 0.3) is 0 Å². The van der Waals surface area contributed by atoms with E-state index in [-0.39, 0.29) is 11.5 Å². The predicted molar refractivity (Wildman–Crippen MR) is 132 cm³/mol. The zero-order valence-electron chi connectivity index (χ0n) is 17.8. The zero-order valence-corrected chi connectivity index (χ0v) is 20.1. The summed E-state index contributed by atoms with van der Waals surface area (Å²) < 4.78 is 12.1. The molecular formula is C26H20Cl3NO3. The summed E-state index contributed by atoms with van der Waals surface area (Å²) in [5, 5.41) is 1.64. The average molecular weight is 501 g/mol. The number of allylic oxidation sites excluding steroid dienone is 1. The van der Waals surface area contributed by atoms with E-state index in [1.807, 2.05) is 37.3 Å². The van der Waals surface area contributed by atoms with E-state index >= 15 is 0 Å². The standard InChI is InChI=1S/C26H20Cl3NO3/c1-15-10-22-18(13-30(14-32-22)9-8-17-4-2-3-5-19(17)27)26-24(15)25(31)23(33-26)12-16-6-7-20(28)21(29)11-16/h2-7,10-12H,8-9,13-14H2,1H3/b23-12-. The average Bonchev–Trinajstić information content (AvgIpc) is 3.13. The molecule has 33 heavy (non-hydrogen) atoms. The minimum Gasteiger partial charge on any atom is -0.478 e. The Morgan fingerprint density at radius 1 is 1.03 bits per heavy atom. The van der Waals surface area contributed by atoms with Gasteiger partial charge in [0.05, 0.1) is 21.2 Å². The Hall–Kier alpha value is -2.50. The molecule has 4 nitrogen and oxygen atoms in total. The van der Waals surface area contributed by atoms with Gasteiger partial charge in [-0.1, -0.05) is 59.1 Å². The molecule has 168 valence electrons. The first-order valence-corrected chi connectivity index (χ1v) is 11.7. The molecule has 0 aromatic heterocycles. The third-order valence-electron chi connectivity index (χ3n) is 5.88. The first kappa shape index (κ1) is 22.3. The summed E-state index contributed by atoms with van der Waals surface area (Å²) in [5.74, 6) is 1.44. The number of Topliss-reactive ketones (excluding diaryl/α,β-unsaturated/α-hetero) is 1.